The first-order valence-corrected chi connectivity index (χ1v) is 20.8. The van der Waals surface area contributed by atoms with Gasteiger partial charge >= 0.3 is 0 Å². The molecular formula is C57H43N3. The van der Waals surface area contributed by atoms with Crippen molar-refractivity contribution in [1.82, 2.24) is 4.57 Å². The third kappa shape index (κ3) is 5.89. The molecule has 0 fully saturated rings. The van der Waals surface area contributed by atoms with Crippen molar-refractivity contribution in [2.75, 3.05) is 9.80 Å². The third-order valence-electron chi connectivity index (χ3n) is 12.3. The summed E-state index contributed by atoms with van der Waals surface area (Å²) in [6.45, 7) is 4.70. The highest BCUT2D eigenvalue weighted by atomic mass is 15.2. The van der Waals surface area contributed by atoms with Crippen LogP contribution < -0.4 is 9.80 Å². The Labute approximate surface area is 351 Å². The van der Waals surface area contributed by atoms with Crippen LogP contribution in [0.25, 0.3) is 49.7 Å². The van der Waals surface area contributed by atoms with Gasteiger partial charge in [0, 0.05) is 44.6 Å². The van der Waals surface area contributed by atoms with Crippen LogP contribution in [0.4, 0.5) is 34.1 Å². The number of para-hydroxylation sites is 4. The number of nitrogens with zero attached hydrogens (tertiary/aromatic N) is 3. The summed E-state index contributed by atoms with van der Waals surface area (Å²) in [4.78, 5) is 4.85. The molecule has 0 unspecified atom stereocenters. The number of anilines is 6. The average molecular weight is 770 g/mol. The molecule has 0 atom stereocenters. The fraction of sp³-hybridized carbons (Fsp3) is 0.0526. The number of fused-ring (bicyclic) bond motifs is 5. The van der Waals surface area contributed by atoms with Gasteiger partial charge in [-0.2, -0.15) is 0 Å². The molecule has 60 heavy (non-hydrogen) atoms. The van der Waals surface area contributed by atoms with Crippen molar-refractivity contribution in [2.45, 2.75) is 19.3 Å². The zero-order chi connectivity index (χ0) is 40.2. The van der Waals surface area contributed by atoms with E-state index in [0.29, 0.717) is 0 Å². The lowest BCUT2D eigenvalue weighted by Gasteiger charge is -2.42. The molecule has 0 bridgehead atoms. The van der Waals surface area contributed by atoms with E-state index < -0.39 is 0 Å². The van der Waals surface area contributed by atoms with E-state index in [2.05, 4.69) is 253 Å². The zero-order valence-electron chi connectivity index (χ0n) is 33.7. The monoisotopic (exact) mass is 769 g/mol. The Morgan fingerprint density at radius 1 is 0.350 bits per heavy atom. The molecule has 3 nitrogen and oxygen atoms in total. The molecule has 0 spiro atoms. The molecule has 2 heterocycles. The van der Waals surface area contributed by atoms with Crippen molar-refractivity contribution in [2.24, 2.45) is 0 Å². The minimum atomic E-state index is -0.194. The molecule has 1 aliphatic rings. The predicted octanol–water partition coefficient (Wildman–Crippen LogP) is 15.7. The van der Waals surface area contributed by atoms with Crippen molar-refractivity contribution in [1.29, 1.82) is 0 Å². The van der Waals surface area contributed by atoms with Crippen LogP contribution in [0, 0.1) is 0 Å². The van der Waals surface area contributed by atoms with E-state index in [9.17, 15) is 0 Å². The molecule has 286 valence electrons. The van der Waals surface area contributed by atoms with Crippen molar-refractivity contribution < 1.29 is 0 Å². The van der Waals surface area contributed by atoms with Crippen LogP contribution in [0.5, 0.6) is 0 Å². The summed E-state index contributed by atoms with van der Waals surface area (Å²) >= 11 is 0. The van der Waals surface area contributed by atoms with E-state index in [-0.39, 0.29) is 5.41 Å². The van der Waals surface area contributed by atoms with Crippen LogP contribution >= 0.6 is 0 Å². The Morgan fingerprint density at radius 3 is 1.68 bits per heavy atom. The second-order valence-electron chi connectivity index (χ2n) is 16.2. The Balaban J connectivity index is 1.08. The van der Waals surface area contributed by atoms with Crippen LogP contribution in [-0.2, 0) is 5.41 Å². The van der Waals surface area contributed by atoms with Crippen LogP contribution in [0.2, 0.25) is 0 Å². The standard InChI is InChI=1S/C57H43N3/c1-57(2)51-26-13-15-28-55(51)60(45-22-10-5-11-23-45)56-39-48(34-35-52(56)57)58(46-32-29-41(30-33-46)40-17-6-3-7-18-40)47-24-16-19-42(37-47)43-31-36-54-50(38-43)49-25-12-14-27-53(49)59(54)44-20-8-4-9-21-44/h3-39H,1-2H3. The second-order valence-corrected chi connectivity index (χ2v) is 16.2. The van der Waals surface area contributed by atoms with Crippen LogP contribution in [-0.4, -0.2) is 4.57 Å². The molecule has 0 aliphatic carbocycles. The number of hydrogen-bond donors (Lipinski definition) is 0. The summed E-state index contributed by atoms with van der Waals surface area (Å²) in [5, 5.41) is 2.49. The first-order chi connectivity index (χ1) is 29.5. The van der Waals surface area contributed by atoms with Crippen LogP contribution in [0.1, 0.15) is 25.0 Å². The highest BCUT2D eigenvalue weighted by molar-refractivity contribution is 6.10. The maximum absolute atomic E-state index is 2.44. The molecular weight excluding hydrogens is 727 g/mol. The minimum absolute atomic E-state index is 0.194. The van der Waals surface area contributed by atoms with Gasteiger partial charge in [-0.1, -0.05) is 153 Å². The SMILES string of the molecule is CC1(C)c2ccccc2N(c2ccccc2)c2cc(N(c3ccc(-c4ccccc4)cc3)c3cccc(-c4ccc5c(c4)c4ccccc4n5-c4ccccc4)c3)ccc21. The maximum Gasteiger partial charge on any atom is 0.0541 e. The molecule has 10 aromatic rings. The number of rotatable bonds is 7. The third-order valence-corrected chi connectivity index (χ3v) is 12.3. The molecule has 0 saturated heterocycles. The second kappa shape index (κ2) is 14.3. The van der Waals surface area contributed by atoms with Gasteiger partial charge in [-0.15, -0.1) is 0 Å². The molecule has 0 radical (unpaired) electrons. The van der Waals surface area contributed by atoms with Crippen LogP contribution in [0.3, 0.4) is 0 Å². The van der Waals surface area contributed by atoms with Gasteiger partial charge < -0.3 is 14.4 Å². The predicted molar refractivity (Wildman–Crippen MR) is 253 cm³/mol. The molecule has 0 N–H and O–H groups in total. The van der Waals surface area contributed by atoms with E-state index in [4.69, 9.17) is 0 Å². The smallest absolute Gasteiger partial charge is 0.0541 e. The van der Waals surface area contributed by atoms with Gasteiger partial charge in [0.05, 0.1) is 22.4 Å². The van der Waals surface area contributed by atoms with Gasteiger partial charge in [-0.25, -0.2) is 0 Å². The largest absolute Gasteiger partial charge is 0.310 e. The molecule has 0 amide bonds. The lowest BCUT2D eigenvalue weighted by atomic mass is 9.73. The number of benzene rings is 9. The molecule has 11 rings (SSSR count). The molecule has 1 aromatic heterocycles. The zero-order valence-corrected chi connectivity index (χ0v) is 33.7. The van der Waals surface area contributed by atoms with Gasteiger partial charge in [0.15, 0.2) is 0 Å². The maximum atomic E-state index is 2.44. The molecule has 1 aliphatic heterocycles. The topological polar surface area (TPSA) is 11.4 Å². The van der Waals surface area contributed by atoms with Gasteiger partial charge in [0.25, 0.3) is 0 Å². The lowest BCUT2D eigenvalue weighted by molar-refractivity contribution is 0.632. The summed E-state index contributed by atoms with van der Waals surface area (Å²) in [6.07, 6.45) is 0. The lowest BCUT2D eigenvalue weighted by Crippen LogP contribution is -2.30. The van der Waals surface area contributed by atoms with E-state index in [1.54, 1.807) is 0 Å². The van der Waals surface area contributed by atoms with Crippen molar-refractivity contribution in [3.05, 3.63) is 236 Å². The van der Waals surface area contributed by atoms with E-state index in [1.807, 2.05) is 0 Å². The molecule has 3 heteroatoms. The fourth-order valence-electron chi connectivity index (χ4n) is 9.41. The van der Waals surface area contributed by atoms with Gasteiger partial charge in [-0.3, -0.25) is 0 Å². The van der Waals surface area contributed by atoms with E-state index >= 15 is 0 Å². The summed E-state index contributed by atoms with van der Waals surface area (Å²) in [7, 11) is 0. The summed E-state index contributed by atoms with van der Waals surface area (Å²) in [6, 6.07) is 81.6. The van der Waals surface area contributed by atoms with Gasteiger partial charge in [0.2, 0.25) is 0 Å². The quantitative estimate of drug-likeness (QED) is 0.160. The van der Waals surface area contributed by atoms with Crippen molar-refractivity contribution in [3.8, 4) is 27.9 Å². The Morgan fingerprint density at radius 2 is 0.900 bits per heavy atom. The Bertz CT molecular complexity index is 3160. The van der Waals surface area contributed by atoms with E-state index in [1.165, 1.54) is 61.0 Å². The molecule has 9 aromatic carbocycles. The normalized spacial score (nSPS) is 12.9. The highest BCUT2D eigenvalue weighted by Gasteiger charge is 2.37. The Kier molecular flexibility index (Phi) is 8.49. The summed E-state index contributed by atoms with van der Waals surface area (Å²) in [5.41, 5.74) is 17.5. The van der Waals surface area contributed by atoms with Crippen LogP contribution in [0.15, 0.2) is 224 Å². The first-order valence-electron chi connectivity index (χ1n) is 20.8. The number of aromatic nitrogens is 1. The highest BCUT2D eigenvalue weighted by Crippen LogP contribution is 2.53. The van der Waals surface area contributed by atoms with Crippen molar-refractivity contribution in [3.63, 3.8) is 0 Å². The van der Waals surface area contributed by atoms with Gasteiger partial charge in [-0.05, 0) is 118 Å². The first kappa shape index (κ1) is 35.5. The Hall–Kier alpha value is -7.62. The minimum Gasteiger partial charge on any atom is -0.310 e. The van der Waals surface area contributed by atoms with Crippen molar-refractivity contribution >= 4 is 55.9 Å². The van der Waals surface area contributed by atoms with Gasteiger partial charge in [0.1, 0.15) is 0 Å². The number of hydrogen-bond acceptors (Lipinski definition) is 2. The van der Waals surface area contributed by atoms with E-state index in [0.717, 1.165) is 34.0 Å². The summed E-state index contributed by atoms with van der Waals surface area (Å²) in [5.74, 6) is 0. The summed E-state index contributed by atoms with van der Waals surface area (Å²) < 4.78 is 2.38. The fourth-order valence-corrected chi connectivity index (χ4v) is 9.41. The molecule has 0 saturated carbocycles. The average Bonchev–Trinajstić information content (AvgIpc) is 3.64.